The van der Waals surface area contributed by atoms with Gasteiger partial charge in [0.2, 0.25) is 0 Å². The van der Waals surface area contributed by atoms with Crippen LogP contribution >= 0.6 is 0 Å². The average Bonchev–Trinajstić information content (AvgIpc) is 3.36. The van der Waals surface area contributed by atoms with Gasteiger partial charge >= 0.3 is 23.9 Å². The molecule has 3 fully saturated rings. The van der Waals surface area contributed by atoms with Crippen molar-refractivity contribution in [3.8, 4) is 0 Å². The zero-order chi connectivity index (χ0) is 37.2. The van der Waals surface area contributed by atoms with Gasteiger partial charge in [0.05, 0.1) is 0 Å². The number of hydrogen-bond acceptors (Lipinski definition) is 6. The molecule has 2 N–H and O–H groups in total. The van der Waals surface area contributed by atoms with E-state index in [1.807, 2.05) is 30.3 Å². The number of rotatable bonds is 11. The van der Waals surface area contributed by atoms with E-state index in [1.54, 1.807) is 6.92 Å². The summed E-state index contributed by atoms with van der Waals surface area (Å²) in [6.07, 6.45) is 10.1. The Morgan fingerprint density at radius 3 is 2.06 bits per heavy atom. The minimum Gasteiger partial charge on any atom is -0.478 e. The summed E-state index contributed by atoms with van der Waals surface area (Å²) in [6.45, 7) is 26.5. The first-order chi connectivity index (χ1) is 22.8. The molecule has 49 heavy (non-hydrogen) atoms. The zero-order valence-corrected chi connectivity index (χ0v) is 30.7. The topological polar surface area (TPSA) is 127 Å². The number of hydrogen-bond donors (Lipinski definition) is 2. The summed E-state index contributed by atoms with van der Waals surface area (Å²) in [5, 5.41) is 17.1. The van der Waals surface area contributed by atoms with Crippen molar-refractivity contribution in [2.24, 2.45) is 34.0 Å². The Morgan fingerprint density at radius 2 is 1.59 bits per heavy atom. The molecule has 0 aliphatic heterocycles. The van der Waals surface area contributed by atoms with E-state index in [4.69, 9.17) is 14.9 Å². The number of carbonyl (C=O) groups is 4. The highest BCUT2D eigenvalue weighted by molar-refractivity contribution is 5.89. The number of fused-ring (bicyclic) bond motifs is 2. The molecule has 3 saturated carbocycles. The molecule has 2 bridgehead atoms. The van der Waals surface area contributed by atoms with Crippen LogP contribution in [0.3, 0.4) is 0 Å². The van der Waals surface area contributed by atoms with E-state index in [0.29, 0.717) is 30.1 Å². The highest BCUT2D eigenvalue weighted by atomic mass is 16.5. The molecule has 3 aliphatic rings. The summed E-state index contributed by atoms with van der Waals surface area (Å²) in [5.74, 6) is -0.954. The standard InChI is InChI=1S/C22H36O2.C10H10O2.C9H12O4/c1-14-10-17(13-20(3,4)12-14)24-19(23)15(2)18-11-16-8-9-22(18,7)21(16,5)6;1-8(10(11)12)7-9-5-3-2-4-6-9;1-3-7(9(11)12)5-6-13-8(10)4-2/h14,16-18H,2,8-13H2,1,3-7H3;2-6H,1,7H2,(H,11,12);4-5H,2-3,6H2,1H3,(H,11,12)/t14?,16-,17?,18?,22-;;/m1../s1. The molecule has 3 aliphatic carbocycles. The highest BCUT2D eigenvalue weighted by Gasteiger charge is 2.62. The van der Waals surface area contributed by atoms with Crippen molar-refractivity contribution in [1.29, 1.82) is 0 Å². The third kappa shape index (κ3) is 11.3. The van der Waals surface area contributed by atoms with E-state index in [0.717, 1.165) is 42.4 Å². The first-order valence-electron chi connectivity index (χ1n) is 17.3. The van der Waals surface area contributed by atoms with Crippen LogP contribution in [0.1, 0.15) is 99.0 Å². The van der Waals surface area contributed by atoms with Crippen molar-refractivity contribution in [2.45, 2.75) is 106 Å². The lowest BCUT2D eigenvalue weighted by Crippen LogP contribution is -2.37. The molecule has 3 unspecified atom stereocenters. The van der Waals surface area contributed by atoms with Gasteiger partial charge in [0.1, 0.15) is 12.7 Å². The summed E-state index contributed by atoms with van der Waals surface area (Å²) in [4.78, 5) is 44.2. The molecular weight excluding hydrogens is 620 g/mol. The largest absolute Gasteiger partial charge is 0.478 e. The molecule has 0 aromatic heterocycles. The summed E-state index contributed by atoms with van der Waals surface area (Å²) in [6, 6.07) is 9.42. The molecule has 0 radical (unpaired) electrons. The first-order valence-corrected chi connectivity index (χ1v) is 17.3. The van der Waals surface area contributed by atoms with Crippen LogP contribution in [0.15, 0.2) is 78.9 Å². The summed E-state index contributed by atoms with van der Waals surface area (Å²) >= 11 is 0. The summed E-state index contributed by atoms with van der Waals surface area (Å²) < 4.78 is 10.5. The van der Waals surface area contributed by atoms with E-state index in [1.165, 1.54) is 25.3 Å². The predicted molar refractivity (Wildman–Crippen MR) is 193 cm³/mol. The Kier molecular flexibility index (Phi) is 14.8. The van der Waals surface area contributed by atoms with Gasteiger partial charge < -0.3 is 19.7 Å². The van der Waals surface area contributed by atoms with Crippen LogP contribution in [-0.4, -0.2) is 46.8 Å². The van der Waals surface area contributed by atoms with E-state index in [9.17, 15) is 19.2 Å². The predicted octanol–water partition coefficient (Wildman–Crippen LogP) is 8.77. The van der Waals surface area contributed by atoms with Crippen molar-refractivity contribution in [1.82, 2.24) is 0 Å². The molecule has 1 aromatic carbocycles. The Labute approximate surface area is 293 Å². The quantitative estimate of drug-likeness (QED) is 0.176. The number of carboxylic acid groups (broad SMARTS) is 2. The van der Waals surface area contributed by atoms with Crippen LogP contribution in [0.25, 0.3) is 0 Å². The van der Waals surface area contributed by atoms with Gasteiger partial charge in [-0.05, 0) is 90.6 Å². The van der Waals surface area contributed by atoms with E-state index in [-0.39, 0.29) is 40.7 Å². The molecule has 4 rings (SSSR count). The van der Waals surface area contributed by atoms with Crippen molar-refractivity contribution in [2.75, 3.05) is 6.61 Å². The lowest BCUT2D eigenvalue weighted by Gasteiger charge is -2.41. The first kappa shape index (κ1) is 41.2. The van der Waals surface area contributed by atoms with Gasteiger partial charge in [-0.2, -0.15) is 0 Å². The monoisotopic (exact) mass is 678 g/mol. The van der Waals surface area contributed by atoms with Gasteiger partial charge in [0.25, 0.3) is 0 Å². The van der Waals surface area contributed by atoms with E-state index < -0.39 is 17.9 Å². The highest BCUT2D eigenvalue weighted by Crippen LogP contribution is 2.69. The lowest BCUT2D eigenvalue weighted by atomic mass is 9.65. The summed E-state index contributed by atoms with van der Waals surface area (Å²) in [5.41, 5.74) is 2.95. The Bertz CT molecular complexity index is 1400. The van der Waals surface area contributed by atoms with E-state index >= 15 is 0 Å². The van der Waals surface area contributed by atoms with E-state index in [2.05, 4.69) is 66.0 Å². The fraction of sp³-hybridized carbons (Fsp3) is 0.561. The third-order valence-corrected chi connectivity index (χ3v) is 11.0. The van der Waals surface area contributed by atoms with Gasteiger partial charge in [-0.25, -0.2) is 19.2 Å². The van der Waals surface area contributed by atoms with Crippen molar-refractivity contribution >= 4 is 23.9 Å². The van der Waals surface area contributed by atoms with Crippen LogP contribution in [-0.2, 0) is 35.1 Å². The summed E-state index contributed by atoms with van der Waals surface area (Å²) in [7, 11) is 0. The smallest absolute Gasteiger partial charge is 0.333 e. The van der Waals surface area contributed by atoms with Gasteiger partial charge in [0.15, 0.2) is 0 Å². The molecule has 0 spiro atoms. The number of benzene rings is 1. The number of carboxylic acids is 2. The zero-order valence-electron chi connectivity index (χ0n) is 30.7. The Balaban J connectivity index is 0.000000283. The molecule has 0 amide bonds. The number of carbonyl (C=O) groups excluding carboxylic acids is 2. The molecule has 0 saturated heterocycles. The van der Waals surface area contributed by atoms with Crippen molar-refractivity contribution in [3.05, 3.63) is 84.5 Å². The Morgan fingerprint density at radius 1 is 0.959 bits per heavy atom. The van der Waals surface area contributed by atoms with Crippen molar-refractivity contribution in [3.63, 3.8) is 0 Å². The maximum atomic E-state index is 12.8. The fourth-order valence-electron chi connectivity index (χ4n) is 8.03. The SMILES string of the molecule is C=C(C(=O)OC1CC(C)CC(C)(C)C1)C1C[C@H]2CC[C@@]1(C)C2(C)C.C=C(Cc1ccccc1)C(=O)O.C=CC(=O)OCC=C(CC)C(=O)O. The fourth-order valence-corrected chi connectivity index (χ4v) is 8.03. The van der Waals surface area contributed by atoms with Crippen LogP contribution in [0.2, 0.25) is 0 Å². The molecule has 5 atom stereocenters. The van der Waals surface area contributed by atoms with Gasteiger partial charge in [-0.15, -0.1) is 0 Å². The van der Waals surface area contributed by atoms with Crippen molar-refractivity contribution < 1.29 is 38.9 Å². The molecule has 0 heterocycles. The number of esters is 2. The lowest BCUT2D eigenvalue weighted by molar-refractivity contribution is -0.150. The molecule has 1 aromatic rings. The van der Waals surface area contributed by atoms with Crippen LogP contribution in [0.5, 0.6) is 0 Å². The molecule has 8 heteroatoms. The van der Waals surface area contributed by atoms with Gasteiger partial charge in [0, 0.05) is 29.2 Å². The number of aliphatic carboxylic acids is 2. The molecular formula is C41H58O8. The molecule has 8 nitrogen and oxygen atoms in total. The number of ether oxygens (including phenoxy) is 2. The minimum atomic E-state index is -0.989. The second-order valence-corrected chi connectivity index (χ2v) is 15.4. The second kappa shape index (κ2) is 17.6. The average molecular weight is 679 g/mol. The normalized spacial score (nSPS) is 26.1. The maximum Gasteiger partial charge on any atom is 0.333 e. The maximum absolute atomic E-state index is 12.8. The third-order valence-electron chi connectivity index (χ3n) is 11.0. The van der Waals surface area contributed by atoms with Crippen LogP contribution in [0, 0.1) is 34.0 Å². The van der Waals surface area contributed by atoms with Gasteiger partial charge in [-0.3, -0.25) is 0 Å². The second-order valence-electron chi connectivity index (χ2n) is 15.4. The van der Waals surface area contributed by atoms with Crippen LogP contribution < -0.4 is 0 Å². The Hall–Kier alpha value is -3.94. The minimum absolute atomic E-state index is 0.0275. The molecule has 270 valence electrons. The van der Waals surface area contributed by atoms with Crippen LogP contribution in [0.4, 0.5) is 0 Å². The van der Waals surface area contributed by atoms with Gasteiger partial charge in [-0.1, -0.05) is 98.5 Å².